The number of hydrogen-bond acceptors (Lipinski definition) is 2. The molecule has 2 unspecified atom stereocenters. The van der Waals surface area contributed by atoms with Crippen molar-refractivity contribution in [2.75, 3.05) is 0 Å². The molecule has 0 spiro atoms. The van der Waals surface area contributed by atoms with E-state index >= 15 is 0 Å². The zero-order chi connectivity index (χ0) is 9.31. The third-order valence-corrected chi connectivity index (χ3v) is 3.78. The van der Waals surface area contributed by atoms with Crippen molar-refractivity contribution in [3.63, 3.8) is 0 Å². The SMILES string of the molecule is CC12CC=CCC1CCCC2=NO. The van der Waals surface area contributed by atoms with Gasteiger partial charge in [0.1, 0.15) is 0 Å². The predicted molar refractivity (Wildman–Crippen MR) is 53.0 cm³/mol. The lowest BCUT2D eigenvalue weighted by molar-refractivity contribution is 0.212. The van der Waals surface area contributed by atoms with Gasteiger partial charge < -0.3 is 5.21 Å². The molecule has 0 heterocycles. The van der Waals surface area contributed by atoms with E-state index in [4.69, 9.17) is 5.21 Å². The van der Waals surface area contributed by atoms with Crippen LogP contribution in [0, 0.1) is 11.3 Å². The molecule has 2 atom stereocenters. The molecule has 2 aliphatic carbocycles. The van der Waals surface area contributed by atoms with Crippen molar-refractivity contribution in [3.8, 4) is 0 Å². The van der Waals surface area contributed by atoms with Crippen molar-refractivity contribution < 1.29 is 5.21 Å². The van der Waals surface area contributed by atoms with Gasteiger partial charge in [-0.1, -0.05) is 24.2 Å². The lowest BCUT2D eigenvalue weighted by atomic mass is 9.61. The summed E-state index contributed by atoms with van der Waals surface area (Å²) in [5.74, 6) is 0.706. The van der Waals surface area contributed by atoms with E-state index in [9.17, 15) is 0 Å². The fraction of sp³-hybridized carbons (Fsp3) is 0.727. The van der Waals surface area contributed by atoms with Crippen LogP contribution in [0.1, 0.15) is 39.0 Å². The number of rotatable bonds is 0. The summed E-state index contributed by atoms with van der Waals surface area (Å²) in [5.41, 5.74) is 1.18. The van der Waals surface area contributed by atoms with Gasteiger partial charge in [-0.25, -0.2) is 0 Å². The van der Waals surface area contributed by atoms with E-state index in [2.05, 4.69) is 24.2 Å². The number of nitrogens with zero attached hydrogens (tertiary/aromatic N) is 1. The molecule has 2 rings (SSSR count). The summed E-state index contributed by atoms with van der Waals surface area (Å²) < 4.78 is 0. The van der Waals surface area contributed by atoms with E-state index in [-0.39, 0.29) is 5.41 Å². The molecule has 1 fully saturated rings. The van der Waals surface area contributed by atoms with E-state index in [1.54, 1.807) is 0 Å². The van der Waals surface area contributed by atoms with Crippen LogP contribution >= 0.6 is 0 Å². The van der Waals surface area contributed by atoms with Gasteiger partial charge in [-0.3, -0.25) is 0 Å². The van der Waals surface area contributed by atoms with Gasteiger partial charge in [-0.2, -0.15) is 0 Å². The Morgan fingerprint density at radius 1 is 1.54 bits per heavy atom. The topological polar surface area (TPSA) is 32.6 Å². The maximum Gasteiger partial charge on any atom is 0.0635 e. The molecular weight excluding hydrogens is 162 g/mol. The smallest absolute Gasteiger partial charge is 0.0635 e. The first kappa shape index (κ1) is 8.79. The van der Waals surface area contributed by atoms with Crippen molar-refractivity contribution in [2.45, 2.75) is 39.0 Å². The van der Waals surface area contributed by atoms with Gasteiger partial charge in [0.05, 0.1) is 5.71 Å². The van der Waals surface area contributed by atoms with Gasteiger partial charge in [0.2, 0.25) is 0 Å². The molecule has 1 saturated carbocycles. The Labute approximate surface area is 79.3 Å². The van der Waals surface area contributed by atoms with Crippen molar-refractivity contribution >= 4 is 5.71 Å². The Morgan fingerprint density at radius 2 is 2.38 bits per heavy atom. The summed E-state index contributed by atoms with van der Waals surface area (Å²) in [4.78, 5) is 0. The van der Waals surface area contributed by atoms with Crippen molar-refractivity contribution in [3.05, 3.63) is 12.2 Å². The third-order valence-electron chi connectivity index (χ3n) is 3.78. The van der Waals surface area contributed by atoms with Crippen LogP contribution in [-0.4, -0.2) is 10.9 Å². The first-order valence-electron chi connectivity index (χ1n) is 5.14. The standard InChI is InChI=1S/C11H17NO/c1-11-8-3-2-5-9(11)6-4-7-10(11)12-13/h2-3,9,13H,4-8H2,1H3. The van der Waals surface area contributed by atoms with Crippen LogP contribution in [0.5, 0.6) is 0 Å². The van der Waals surface area contributed by atoms with Crippen LogP contribution in [0.3, 0.4) is 0 Å². The Kier molecular flexibility index (Phi) is 2.14. The van der Waals surface area contributed by atoms with Crippen LogP contribution in [0.25, 0.3) is 0 Å². The first-order chi connectivity index (χ1) is 6.27. The zero-order valence-electron chi connectivity index (χ0n) is 8.16. The van der Waals surface area contributed by atoms with Crippen LogP contribution in [0.4, 0.5) is 0 Å². The molecule has 0 aromatic heterocycles. The summed E-state index contributed by atoms with van der Waals surface area (Å²) in [6, 6.07) is 0. The molecule has 0 aromatic rings. The Morgan fingerprint density at radius 3 is 3.15 bits per heavy atom. The van der Waals surface area contributed by atoms with E-state index in [0.29, 0.717) is 5.92 Å². The molecule has 2 nitrogen and oxygen atoms in total. The van der Waals surface area contributed by atoms with Crippen LogP contribution < -0.4 is 0 Å². The third kappa shape index (κ3) is 1.28. The maximum atomic E-state index is 8.96. The molecule has 13 heavy (non-hydrogen) atoms. The number of allylic oxidation sites excluding steroid dienone is 2. The Balaban J connectivity index is 2.30. The molecule has 2 heteroatoms. The number of oxime groups is 1. The van der Waals surface area contributed by atoms with Gasteiger partial charge in [-0.05, 0) is 38.0 Å². The summed E-state index contributed by atoms with van der Waals surface area (Å²) in [7, 11) is 0. The summed E-state index contributed by atoms with van der Waals surface area (Å²) in [6.07, 6.45) is 10.2. The van der Waals surface area contributed by atoms with Crippen molar-refractivity contribution in [1.29, 1.82) is 0 Å². The molecule has 0 saturated heterocycles. The van der Waals surface area contributed by atoms with Crippen molar-refractivity contribution in [1.82, 2.24) is 0 Å². The maximum absolute atomic E-state index is 8.96. The average Bonchev–Trinajstić information content (AvgIpc) is 2.16. The lowest BCUT2D eigenvalue weighted by Crippen LogP contribution is -2.40. The van der Waals surface area contributed by atoms with Gasteiger partial charge in [0, 0.05) is 5.41 Å². The molecule has 2 aliphatic rings. The highest BCUT2D eigenvalue weighted by Gasteiger charge is 2.41. The van der Waals surface area contributed by atoms with Crippen LogP contribution in [-0.2, 0) is 0 Å². The molecule has 0 bridgehead atoms. The minimum atomic E-state index is 0.155. The second kappa shape index (κ2) is 3.17. The number of fused-ring (bicyclic) bond motifs is 1. The Hall–Kier alpha value is -0.790. The van der Waals surface area contributed by atoms with E-state index in [1.165, 1.54) is 12.8 Å². The highest BCUT2D eigenvalue weighted by molar-refractivity contribution is 5.90. The highest BCUT2D eigenvalue weighted by Crippen LogP contribution is 2.46. The second-order valence-corrected chi connectivity index (χ2v) is 4.46. The average molecular weight is 179 g/mol. The lowest BCUT2D eigenvalue weighted by Gasteiger charge is -2.43. The molecule has 72 valence electrons. The quantitative estimate of drug-likeness (QED) is 0.346. The minimum Gasteiger partial charge on any atom is -0.411 e. The van der Waals surface area contributed by atoms with Crippen LogP contribution in [0.2, 0.25) is 0 Å². The van der Waals surface area contributed by atoms with Gasteiger partial charge >= 0.3 is 0 Å². The normalized spacial score (nSPS) is 41.9. The molecule has 0 aliphatic heterocycles. The molecule has 1 N–H and O–H groups in total. The van der Waals surface area contributed by atoms with Gasteiger partial charge in [-0.15, -0.1) is 0 Å². The summed E-state index contributed by atoms with van der Waals surface area (Å²) >= 11 is 0. The van der Waals surface area contributed by atoms with E-state index < -0.39 is 0 Å². The molecular formula is C11H17NO. The first-order valence-corrected chi connectivity index (χ1v) is 5.14. The van der Waals surface area contributed by atoms with Gasteiger partial charge in [0.15, 0.2) is 0 Å². The summed E-state index contributed by atoms with van der Waals surface area (Å²) in [6.45, 7) is 2.25. The molecule has 0 amide bonds. The van der Waals surface area contributed by atoms with Crippen molar-refractivity contribution in [2.24, 2.45) is 16.5 Å². The zero-order valence-corrected chi connectivity index (χ0v) is 8.16. The fourth-order valence-electron chi connectivity index (χ4n) is 2.77. The monoisotopic (exact) mass is 179 g/mol. The van der Waals surface area contributed by atoms with Gasteiger partial charge in [0.25, 0.3) is 0 Å². The van der Waals surface area contributed by atoms with Crippen LogP contribution in [0.15, 0.2) is 17.3 Å². The van der Waals surface area contributed by atoms with E-state index in [0.717, 1.165) is 25.0 Å². The predicted octanol–water partition coefficient (Wildman–Crippen LogP) is 2.97. The molecule has 0 aromatic carbocycles. The fourth-order valence-corrected chi connectivity index (χ4v) is 2.77. The Bertz CT molecular complexity index is 257. The highest BCUT2D eigenvalue weighted by atomic mass is 16.4. The van der Waals surface area contributed by atoms with E-state index in [1.807, 2.05) is 0 Å². The molecule has 0 radical (unpaired) electrons. The minimum absolute atomic E-state index is 0.155. The second-order valence-electron chi connectivity index (χ2n) is 4.46. The largest absolute Gasteiger partial charge is 0.411 e. The summed E-state index contributed by atoms with van der Waals surface area (Å²) in [5, 5.41) is 12.4. The number of hydrogen-bond donors (Lipinski definition) is 1.